The lowest BCUT2D eigenvalue weighted by Gasteiger charge is -2.13. The Labute approximate surface area is 193 Å². The lowest BCUT2D eigenvalue weighted by atomic mass is 10.1. The number of benzene rings is 2. The van der Waals surface area contributed by atoms with Gasteiger partial charge in [-0.3, -0.25) is 0 Å². The van der Waals surface area contributed by atoms with E-state index < -0.39 is 17.7 Å². The molecular weight excluding hydrogens is 435 g/mol. The highest BCUT2D eigenvalue weighted by Crippen LogP contribution is 2.32. The summed E-state index contributed by atoms with van der Waals surface area (Å²) in [7, 11) is 0. The molecule has 0 aliphatic heterocycles. The van der Waals surface area contributed by atoms with E-state index in [2.05, 4.69) is 12.2 Å². The number of esters is 1. The van der Waals surface area contributed by atoms with Crippen molar-refractivity contribution in [2.75, 3.05) is 38.4 Å². The standard InChI is InChI=1S/C25H32F3NO4/c1-2-3-4-5-8-14-31-15-16-32-17-18-33-24(30)22-12-6-7-13-23(22)29-21-11-9-10-20(19-21)25(26,27)28/h6-7,9-13,19,29H,2-5,8,14-18H2,1H3. The van der Waals surface area contributed by atoms with Crippen LogP contribution in [0.2, 0.25) is 0 Å². The Bertz CT molecular complexity index is 842. The molecule has 33 heavy (non-hydrogen) atoms. The third-order valence-electron chi connectivity index (χ3n) is 4.84. The van der Waals surface area contributed by atoms with E-state index in [1.165, 1.54) is 37.8 Å². The van der Waals surface area contributed by atoms with Gasteiger partial charge in [-0.15, -0.1) is 0 Å². The SMILES string of the molecule is CCCCCCCOCCOCCOC(=O)c1ccccc1Nc1cccc(C(F)(F)F)c1. The zero-order valence-corrected chi connectivity index (χ0v) is 19.0. The summed E-state index contributed by atoms with van der Waals surface area (Å²) in [5.74, 6) is -0.586. The molecule has 0 spiro atoms. The maximum Gasteiger partial charge on any atom is 0.416 e. The van der Waals surface area contributed by atoms with Crippen LogP contribution in [0.5, 0.6) is 0 Å². The minimum absolute atomic E-state index is 0.0632. The van der Waals surface area contributed by atoms with Crippen LogP contribution in [0.25, 0.3) is 0 Å². The van der Waals surface area contributed by atoms with Gasteiger partial charge in [0.1, 0.15) is 6.61 Å². The molecule has 0 aliphatic carbocycles. The summed E-state index contributed by atoms with van der Waals surface area (Å²) in [6.07, 6.45) is 1.49. The molecule has 0 bridgehead atoms. The number of ether oxygens (including phenoxy) is 3. The number of para-hydroxylation sites is 1. The molecule has 182 valence electrons. The van der Waals surface area contributed by atoms with Crippen LogP contribution in [0, 0.1) is 0 Å². The number of unbranched alkanes of at least 4 members (excludes halogenated alkanes) is 4. The Morgan fingerprint density at radius 1 is 0.848 bits per heavy atom. The molecule has 0 amide bonds. The summed E-state index contributed by atoms with van der Waals surface area (Å²) in [4.78, 5) is 12.4. The van der Waals surface area contributed by atoms with Gasteiger partial charge in [-0.25, -0.2) is 4.79 Å². The van der Waals surface area contributed by atoms with E-state index in [1.54, 1.807) is 24.3 Å². The number of alkyl halides is 3. The molecule has 0 unspecified atom stereocenters. The smallest absolute Gasteiger partial charge is 0.416 e. The summed E-state index contributed by atoms with van der Waals surface area (Å²) < 4.78 is 55.0. The van der Waals surface area contributed by atoms with E-state index in [1.807, 2.05) is 0 Å². The van der Waals surface area contributed by atoms with E-state index in [-0.39, 0.29) is 24.5 Å². The first-order valence-corrected chi connectivity index (χ1v) is 11.3. The molecule has 0 aliphatic rings. The molecule has 2 aromatic carbocycles. The van der Waals surface area contributed by atoms with Gasteiger partial charge in [0.05, 0.1) is 36.6 Å². The van der Waals surface area contributed by atoms with Crippen molar-refractivity contribution in [3.8, 4) is 0 Å². The fourth-order valence-electron chi connectivity index (χ4n) is 3.10. The van der Waals surface area contributed by atoms with Crippen molar-refractivity contribution in [1.29, 1.82) is 0 Å². The van der Waals surface area contributed by atoms with Crippen LogP contribution in [0.1, 0.15) is 54.9 Å². The van der Waals surface area contributed by atoms with Crippen LogP contribution in [0.4, 0.5) is 24.5 Å². The van der Waals surface area contributed by atoms with Crippen LogP contribution in [-0.4, -0.2) is 39.0 Å². The van der Waals surface area contributed by atoms with E-state index in [9.17, 15) is 18.0 Å². The summed E-state index contributed by atoms with van der Waals surface area (Å²) in [5, 5.41) is 2.86. The second kappa shape index (κ2) is 14.5. The maximum absolute atomic E-state index is 12.9. The highest BCUT2D eigenvalue weighted by Gasteiger charge is 2.30. The topological polar surface area (TPSA) is 56.8 Å². The first kappa shape index (κ1) is 26.7. The van der Waals surface area contributed by atoms with Crippen molar-refractivity contribution in [3.63, 3.8) is 0 Å². The van der Waals surface area contributed by atoms with Crippen molar-refractivity contribution in [2.45, 2.75) is 45.2 Å². The van der Waals surface area contributed by atoms with Gasteiger partial charge < -0.3 is 19.5 Å². The van der Waals surface area contributed by atoms with E-state index in [4.69, 9.17) is 14.2 Å². The number of rotatable bonds is 15. The molecule has 0 atom stereocenters. The van der Waals surface area contributed by atoms with Crippen LogP contribution >= 0.6 is 0 Å². The molecule has 0 heterocycles. The predicted molar refractivity (Wildman–Crippen MR) is 122 cm³/mol. The Balaban J connectivity index is 1.72. The normalized spacial score (nSPS) is 11.4. The summed E-state index contributed by atoms with van der Waals surface area (Å²) in [6.45, 7) is 4.10. The molecule has 5 nitrogen and oxygen atoms in total. The number of carbonyl (C=O) groups is 1. The van der Waals surface area contributed by atoms with Crippen LogP contribution in [0.15, 0.2) is 48.5 Å². The van der Waals surface area contributed by atoms with Crippen LogP contribution in [0.3, 0.4) is 0 Å². The van der Waals surface area contributed by atoms with E-state index in [0.29, 0.717) is 18.9 Å². The number of carbonyl (C=O) groups excluding carboxylic acids is 1. The van der Waals surface area contributed by atoms with Gasteiger partial charge in [-0.1, -0.05) is 50.8 Å². The van der Waals surface area contributed by atoms with Gasteiger partial charge >= 0.3 is 12.1 Å². The van der Waals surface area contributed by atoms with Gasteiger partial charge in [0.15, 0.2) is 0 Å². The Morgan fingerprint density at radius 3 is 2.30 bits per heavy atom. The number of hydrogen-bond acceptors (Lipinski definition) is 5. The number of nitrogens with one attached hydrogen (secondary N) is 1. The molecule has 2 aromatic rings. The van der Waals surface area contributed by atoms with Gasteiger partial charge in [-0.2, -0.15) is 13.2 Å². The van der Waals surface area contributed by atoms with Crippen molar-refractivity contribution < 1.29 is 32.2 Å². The summed E-state index contributed by atoms with van der Waals surface area (Å²) in [5.41, 5.74) is 0.0281. The third kappa shape index (κ3) is 10.3. The number of halogens is 3. The average Bonchev–Trinajstić information content (AvgIpc) is 2.79. The van der Waals surface area contributed by atoms with Gasteiger partial charge in [-0.05, 0) is 36.8 Å². The zero-order valence-electron chi connectivity index (χ0n) is 19.0. The first-order valence-electron chi connectivity index (χ1n) is 11.3. The molecule has 0 saturated carbocycles. The predicted octanol–water partition coefficient (Wildman–Crippen LogP) is 6.61. The van der Waals surface area contributed by atoms with Gasteiger partial charge in [0.25, 0.3) is 0 Å². The molecule has 2 rings (SSSR count). The Morgan fingerprint density at radius 2 is 1.55 bits per heavy atom. The summed E-state index contributed by atoms with van der Waals surface area (Å²) >= 11 is 0. The third-order valence-corrected chi connectivity index (χ3v) is 4.84. The lowest BCUT2D eigenvalue weighted by Crippen LogP contribution is -2.14. The van der Waals surface area contributed by atoms with Crippen molar-refractivity contribution in [3.05, 3.63) is 59.7 Å². The average molecular weight is 468 g/mol. The molecule has 0 fully saturated rings. The second-order valence-corrected chi connectivity index (χ2v) is 7.52. The zero-order chi connectivity index (χ0) is 23.9. The molecular formula is C25H32F3NO4. The van der Waals surface area contributed by atoms with Crippen molar-refractivity contribution in [2.24, 2.45) is 0 Å². The van der Waals surface area contributed by atoms with Crippen LogP contribution in [-0.2, 0) is 20.4 Å². The number of anilines is 2. The molecule has 0 aromatic heterocycles. The van der Waals surface area contributed by atoms with Gasteiger partial charge in [0, 0.05) is 12.3 Å². The maximum atomic E-state index is 12.9. The van der Waals surface area contributed by atoms with E-state index >= 15 is 0 Å². The first-order chi connectivity index (χ1) is 15.9. The molecule has 8 heteroatoms. The summed E-state index contributed by atoms with van der Waals surface area (Å²) in [6, 6.07) is 11.3. The van der Waals surface area contributed by atoms with Crippen molar-refractivity contribution >= 4 is 17.3 Å². The van der Waals surface area contributed by atoms with E-state index in [0.717, 1.165) is 25.2 Å². The minimum Gasteiger partial charge on any atom is -0.460 e. The molecule has 0 radical (unpaired) electrons. The fourth-order valence-corrected chi connectivity index (χ4v) is 3.10. The monoisotopic (exact) mass is 467 g/mol. The second-order valence-electron chi connectivity index (χ2n) is 7.52. The highest BCUT2D eigenvalue weighted by atomic mass is 19.4. The van der Waals surface area contributed by atoms with Gasteiger partial charge in [0.2, 0.25) is 0 Å². The quantitative estimate of drug-likeness (QED) is 0.236. The lowest BCUT2D eigenvalue weighted by molar-refractivity contribution is -0.137. The largest absolute Gasteiger partial charge is 0.460 e. The molecule has 0 saturated heterocycles. The molecule has 1 N–H and O–H groups in total. The number of hydrogen-bond donors (Lipinski definition) is 1. The minimum atomic E-state index is -4.45. The fraction of sp³-hybridized carbons (Fsp3) is 0.480. The highest BCUT2D eigenvalue weighted by molar-refractivity contribution is 5.96. The Kier molecular flexibility index (Phi) is 11.8. The Hall–Kier alpha value is -2.58. The van der Waals surface area contributed by atoms with Crippen LogP contribution < -0.4 is 5.32 Å². The van der Waals surface area contributed by atoms with Crippen molar-refractivity contribution in [1.82, 2.24) is 0 Å².